The van der Waals surface area contributed by atoms with Crippen LogP contribution >= 0.6 is 0 Å². The molecular formula is C8H20NO+. The van der Waals surface area contributed by atoms with E-state index in [9.17, 15) is 0 Å². The summed E-state index contributed by atoms with van der Waals surface area (Å²) in [6.45, 7) is 7.10. The molecule has 0 aliphatic heterocycles. The number of rotatable bonds is 5. The largest absolute Gasteiger partial charge is 0.335 e. The smallest absolute Gasteiger partial charge is 0.179 e. The normalized spacial score (nSPS) is 12.0. The van der Waals surface area contributed by atoms with E-state index in [0.29, 0.717) is 6.73 Å². The Hall–Kier alpha value is -0.0800. The van der Waals surface area contributed by atoms with Crippen LogP contribution in [0.5, 0.6) is 0 Å². The molecular weight excluding hydrogens is 126 g/mol. The van der Waals surface area contributed by atoms with Crippen LogP contribution in [0.1, 0.15) is 40.0 Å². The average Bonchev–Trinajstić information content (AvgIpc) is 2.01. The fourth-order valence-electron chi connectivity index (χ4n) is 1.27. The van der Waals surface area contributed by atoms with Gasteiger partial charge in [-0.3, -0.25) is 0 Å². The van der Waals surface area contributed by atoms with Crippen molar-refractivity contribution in [3.8, 4) is 0 Å². The molecule has 0 aromatic rings. The van der Waals surface area contributed by atoms with E-state index in [4.69, 9.17) is 4.74 Å². The van der Waals surface area contributed by atoms with E-state index < -0.39 is 0 Å². The van der Waals surface area contributed by atoms with Gasteiger partial charge in [-0.1, -0.05) is 20.8 Å². The van der Waals surface area contributed by atoms with Gasteiger partial charge in [0.2, 0.25) is 0 Å². The van der Waals surface area contributed by atoms with Crippen molar-refractivity contribution in [3.05, 3.63) is 0 Å². The second kappa shape index (κ2) is 4.69. The minimum atomic E-state index is 0.113. The summed E-state index contributed by atoms with van der Waals surface area (Å²) < 4.78 is 5.57. The molecule has 0 saturated carbocycles. The number of ether oxygens (including phenoxy) is 1. The van der Waals surface area contributed by atoms with Crippen LogP contribution in [0.3, 0.4) is 0 Å². The summed E-state index contributed by atoms with van der Waals surface area (Å²) >= 11 is 0. The third-order valence-corrected chi connectivity index (χ3v) is 2.34. The maximum absolute atomic E-state index is 5.57. The van der Waals surface area contributed by atoms with Gasteiger partial charge in [-0.25, -0.2) is 0 Å². The predicted molar refractivity (Wildman–Crippen MR) is 42.4 cm³/mol. The number of hydrogen-bond donors (Lipinski definition) is 1. The highest BCUT2D eigenvalue weighted by atomic mass is 16.5. The van der Waals surface area contributed by atoms with Crippen LogP contribution in [0.15, 0.2) is 0 Å². The summed E-state index contributed by atoms with van der Waals surface area (Å²) in [5, 5.41) is 0. The van der Waals surface area contributed by atoms with Gasteiger partial charge in [-0.15, -0.1) is 0 Å². The monoisotopic (exact) mass is 146 g/mol. The molecule has 0 fully saturated rings. The lowest BCUT2D eigenvalue weighted by atomic mass is 9.94. The molecule has 0 rings (SSSR count). The first-order chi connectivity index (χ1) is 4.74. The summed E-state index contributed by atoms with van der Waals surface area (Å²) in [6, 6.07) is 0. The van der Waals surface area contributed by atoms with E-state index in [-0.39, 0.29) is 5.60 Å². The summed E-state index contributed by atoms with van der Waals surface area (Å²) in [6.07, 6.45) is 3.28. The molecule has 0 atom stereocenters. The fraction of sp³-hybridized carbons (Fsp3) is 1.00. The van der Waals surface area contributed by atoms with Crippen LogP contribution < -0.4 is 5.73 Å². The van der Waals surface area contributed by atoms with Gasteiger partial charge in [0.15, 0.2) is 6.73 Å². The van der Waals surface area contributed by atoms with Crippen molar-refractivity contribution in [2.45, 2.75) is 45.6 Å². The summed E-state index contributed by atoms with van der Waals surface area (Å²) in [5.74, 6) is 0. The first-order valence-electron chi connectivity index (χ1n) is 4.17. The molecule has 0 amide bonds. The maximum Gasteiger partial charge on any atom is 0.179 e. The zero-order chi connectivity index (χ0) is 8.04. The second-order valence-corrected chi connectivity index (χ2v) is 2.59. The molecule has 0 bridgehead atoms. The Bertz CT molecular complexity index is 71.1. The Morgan fingerprint density at radius 3 is 1.60 bits per heavy atom. The minimum absolute atomic E-state index is 0.113. The Morgan fingerprint density at radius 1 is 1.10 bits per heavy atom. The van der Waals surface area contributed by atoms with Gasteiger partial charge in [0, 0.05) is 0 Å². The third-order valence-electron chi connectivity index (χ3n) is 2.34. The van der Waals surface area contributed by atoms with Crippen molar-refractivity contribution in [2.24, 2.45) is 0 Å². The molecule has 10 heavy (non-hydrogen) atoms. The van der Waals surface area contributed by atoms with Gasteiger partial charge in [0.1, 0.15) is 0 Å². The van der Waals surface area contributed by atoms with Crippen molar-refractivity contribution in [2.75, 3.05) is 6.73 Å². The molecule has 0 spiro atoms. The lowest BCUT2D eigenvalue weighted by Gasteiger charge is -2.28. The highest BCUT2D eigenvalue weighted by molar-refractivity contribution is 4.74. The van der Waals surface area contributed by atoms with Crippen LogP contribution in [-0.4, -0.2) is 12.3 Å². The standard InChI is InChI=1S/C8H19NO/c1-4-8(5-2,6-3)10-7-9/h4-7,9H2,1-3H3/p+1. The van der Waals surface area contributed by atoms with Crippen LogP contribution in [-0.2, 0) is 4.74 Å². The number of hydrogen-bond acceptors (Lipinski definition) is 1. The van der Waals surface area contributed by atoms with Crippen LogP contribution in [0, 0.1) is 0 Å². The Labute approximate surface area is 63.7 Å². The lowest BCUT2D eigenvalue weighted by molar-refractivity contribution is -0.446. The lowest BCUT2D eigenvalue weighted by Crippen LogP contribution is -2.54. The molecule has 62 valence electrons. The highest BCUT2D eigenvalue weighted by Gasteiger charge is 2.24. The predicted octanol–water partition coefficient (Wildman–Crippen LogP) is 1.17. The first-order valence-corrected chi connectivity index (χ1v) is 4.17. The van der Waals surface area contributed by atoms with E-state index in [1.54, 1.807) is 0 Å². The van der Waals surface area contributed by atoms with E-state index >= 15 is 0 Å². The van der Waals surface area contributed by atoms with Gasteiger partial charge >= 0.3 is 0 Å². The van der Waals surface area contributed by atoms with Crippen molar-refractivity contribution in [1.29, 1.82) is 0 Å². The van der Waals surface area contributed by atoms with E-state index in [2.05, 4.69) is 26.5 Å². The zero-order valence-corrected chi connectivity index (χ0v) is 7.44. The summed E-state index contributed by atoms with van der Waals surface area (Å²) in [5.41, 5.74) is 3.80. The molecule has 0 saturated heterocycles. The van der Waals surface area contributed by atoms with Crippen LogP contribution in [0.25, 0.3) is 0 Å². The van der Waals surface area contributed by atoms with E-state index in [0.717, 1.165) is 19.3 Å². The van der Waals surface area contributed by atoms with Gasteiger partial charge < -0.3 is 10.5 Å². The molecule has 0 radical (unpaired) electrons. The van der Waals surface area contributed by atoms with E-state index in [1.165, 1.54) is 0 Å². The quantitative estimate of drug-likeness (QED) is 0.581. The molecule has 0 heterocycles. The minimum Gasteiger partial charge on any atom is -0.335 e. The second-order valence-electron chi connectivity index (χ2n) is 2.59. The Balaban J connectivity index is 3.87. The van der Waals surface area contributed by atoms with Crippen molar-refractivity contribution in [1.82, 2.24) is 0 Å². The van der Waals surface area contributed by atoms with Gasteiger partial charge in [0.05, 0.1) is 5.60 Å². The molecule has 0 aliphatic carbocycles. The van der Waals surface area contributed by atoms with E-state index in [1.807, 2.05) is 0 Å². The van der Waals surface area contributed by atoms with Gasteiger partial charge in [0.25, 0.3) is 0 Å². The van der Waals surface area contributed by atoms with Crippen molar-refractivity contribution in [3.63, 3.8) is 0 Å². The molecule has 3 N–H and O–H groups in total. The van der Waals surface area contributed by atoms with Gasteiger partial charge in [-0.05, 0) is 19.3 Å². The fourth-order valence-corrected chi connectivity index (χ4v) is 1.27. The molecule has 0 unspecified atom stereocenters. The molecule has 0 aromatic carbocycles. The van der Waals surface area contributed by atoms with Crippen LogP contribution in [0.2, 0.25) is 0 Å². The summed E-state index contributed by atoms with van der Waals surface area (Å²) in [4.78, 5) is 0. The SMILES string of the molecule is CCC(CC)(CC)OC[NH3+]. The number of quaternary nitrogens is 1. The zero-order valence-electron chi connectivity index (χ0n) is 7.44. The third kappa shape index (κ3) is 2.27. The average molecular weight is 146 g/mol. The molecule has 2 heteroatoms. The highest BCUT2D eigenvalue weighted by Crippen LogP contribution is 2.23. The topological polar surface area (TPSA) is 36.9 Å². The van der Waals surface area contributed by atoms with Crippen molar-refractivity contribution < 1.29 is 10.5 Å². The van der Waals surface area contributed by atoms with Crippen LogP contribution in [0.4, 0.5) is 0 Å². The molecule has 0 aromatic heterocycles. The molecule has 0 aliphatic rings. The first kappa shape index (κ1) is 9.92. The Morgan fingerprint density at radius 2 is 1.50 bits per heavy atom. The molecule has 2 nitrogen and oxygen atoms in total. The summed E-state index contributed by atoms with van der Waals surface area (Å²) in [7, 11) is 0. The Kier molecular flexibility index (Phi) is 4.65. The van der Waals surface area contributed by atoms with Crippen molar-refractivity contribution >= 4 is 0 Å². The maximum atomic E-state index is 5.57. The van der Waals surface area contributed by atoms with Gasteiger partial charge in [-0.2, -0.15) is 0 Å².